The second-order valence-electron chi connectivity index (χ2n) is 3.80. The van der Waals surface area contributed by atoms with Crippen LogP contribution in [0.1, 0.15) is 0 Å². The first kappa shape index (κ1) is 10.4. The Bertz CT molecular complexity index is 718. The minimum Gasteiger partial charge on any atom is -0.276 e. The third kappa shape index (κ3) is 1.60. The van der Waals surface area contributed by atoms with Crippen LogP contribution in [0.4, 0.5) is 5.69 Å². The van der Waals surface area contributed by atoms with E-state index in [9.17, 15) is 10.1 Å². The first-order chi connectivity index (χ1) is 8.75. The molecule has 0 aliphatic carbocycles. The summed E-state index contributed by atoms with van der Waals surface area (Å²) in [5, 5.41) is 18.6. The summed E-state index contributed by atoms with van der Waals surface area (Å²) in [5.41, 5.74) is 2.51. The molecule has 6 heteroatoms. The van der Waals surface area contributed by atoms with Crippen LogP contribution in [0.2, 0.25) is 0 Å². The van der Waals surface area contributed by atoms with Gasteiger partial charge in [-0.05, 0) is 18.2 Å². The van der Waals surface area contributed by atoms with Gasteiger partial charge in [0.05, 0.1) is 16.6 Å². The molecule has 0 unspecified atom stereocenters. The van der Waals surface area contributed by atoms with Crippen molar-refractivity contribution in [3.63, 3.8) is 0 Å². The number of hydrogen-bond donors (Lipinski definition) is 1. The number of nitrogens with one attached hydrogen (secondary N) is 1. The van der Waals surface area contributed by atoms with Gasteiger partial charge in [-0.15, -0.1) is 0 Å². The Hall–Kier alpha value is -2.76. The highest BCUT2D eigenvalue weighted by atomic mass is 16.6. The molecule has 1 N–H and O–H groups in total. The zero-order valence-electron chi connectivity index (χ0n) is 9.20. The van der Waals surface area contributed by atoms with Crippen molar-refractivity contribution in [2.75, 3.05) is 0 Å². The number of benzene rings is 1. The Labute approximate surface area is 101 Å². The molecule has 0 atom stereocenters. The van der Waals surface area contributed by atoms with Crippen molar-refractivity contribution in [3.05, 3.63) is 52.8 Å². The summed E-state index contributed by atoms with van der Waals surface area (Å²) in [7, 11) is 0. The van der Waals surface area contributed by atoms with E-state index >= 15 is 0 Å². The van der Waals surface area contributed by atoms with E-state index in [2.05, 4.69) is 15.2 Å². The molecule has 0 amide bonds. The van der Waals surface area contributed by atoms with Gasteiger partial charge in [-0.25, -0.2) is 0 Å². The lowest BCUT2D eigenvalue weighted by Crippen LogP contribution is -1.87. The summed E-state index contributed by atoms with van der Waals surface area (Å²) < 4.78 is 0. The molecule has 0 saturated carbocycles. The van der Waals surface area contributed by atoms with Gasteiger partial charge in [-0.1, -0.05) is 0 Å². The molecule has 88 valence electrons. The molecule has 2 aromatic heterocycles. The van der Waals surface area contributed by atoms with Gasteiger partial charge in [0.25, 0.3) is 5.69 Å². The zero-order chi connectivity index (χ0) is 12.5. The van der Waals surface area contributed by atoms with Crippen LogP contribution in [-0.4, -0.2) is 20.1 Å². The van der Waals surface area contributed by atoms with E-state index in [1.807, 2.05) is 6.07 Å². The summed E-state index contributed by atoms with van der Waals surface area (Å²) in [6.45, 7) is 0. The minimum absolute atomic E-state index is 0.0697. The largest absolute Gasteiger partial charge is 0.276 e. The number of nitro groups is 1. The number of H-pyrrole nitrogens is 1. The molecule has 0 spiro atoms. The monoisotopic (exact) mass is 240 g/mol. The van der Waals surface area contributed by atoms with Gasteiger partial charge in [0.15, 0.2) is 0 Å². The van der Waals surface area contributed by atoms with Gasteiger partial charge in [0.1, 0.15) is 5.69 Å². The molecule has 3 rings (SSSR count). The minimum atomic E-state index is -0.420. The Kier molecular flexibility index (Phi) is 2.26. The molecule has 18 heavy (non-hydrogen) atoms. The number of nitrogens with zero attached hydrogens (tertiary/aromatic N) is 3. The van der Waals surface area contributed by atoms with E-state index < -0.39 is 4.92 Å². The smallest absolute Gasteiger partial charge is 0.269 e. The van der Waals surface area contributed by atoms with E-state index in [1.165, 1.54) is 12.1 Å². The highest BCUT2D eigenvalue weighted by molar-refractivity contribution is 5.92. The van der Waals surface area contributed by atoms with E-state index in [1.54, 1.807) is 24.5 Å². The standard InChI is InChI=1S/C12H8N4O2/c17-16(18)9-3-1-8(2-4-9)12-10-5-6-13-7-11(10)14-15-12/h1-7H,(H,14,15). The SMILES string of the molecule is O=[N+]([O-])c1ccc(-c2n[nH]c3cnccc23)cc1. The van der Waals surface area contributed by atoms with Gasteiger partial charge >= 0.3 is 0 Å². The number of nitro benzene ring substituents is 1. The predicted molar refractivity (Wildman–Crippen MR) is 66.0 cm³/mol. The van der Waals surface area contributed by atoms with Crippen molar-refractivity contribution in [2.45, 2.75) is 0 Å². The molecular weight excluding hydrogens is 232 g/mol. The van der Waals surface area contributed by atoms with Crippen LogP contribution >= 0.6 is 0 Å². The van der Waals surface area contributed by atoms with Crippen molar-refractivity contribution in [2.24, 2.45) is 0 Å². The maximum absolute atomic E-state index is 10.6. The number of aromatic amines is 1. The molecule has 1 aromatic carbocycles. The Balaban J connectivity index is 2.12. The van der Waals surface area contributed by atoms with Crippen LogP contribution < -0.4 is 0 Å². The maximum Gasteiger partial charge on any atom is 0.269 e. The van der Waals surface area contributed by atoms with Gasteiger partial charge < -0.3 is 0 Å². The fraction of sp³-hybridized carbons (Fsp3) is 0. The molecule has 6 nitrogen and oxygen atoms in total. The first-order valence-corrected chi connectivity index (χ1v) is 5.28. The van der Waals surface area contributed by atoms with Crippen LogP contribution in [0.3, 0.4) is 0 Å². The van der Waals surface area contributed by atoms with E-state index in [0.717, 1.165) is 22.2 Å². The summed E-state index contributed by atoms with van der Waals surface area (Å²) in [6, 6.07) is 8.17. The number of fused-ring (bicyclic) bond motifs is 1. The van der Waals surface area contributed by atoms with Gasteiger partial charge in [0.2, 0.25) is 0 Å². The van der Waals surface area contributed by atoms with Crippen molar-refractivity contribution in [1.29, 1.82) is 0 Å². The summed E-state index contributed by atoms with van der Waals surface area (Å²) in [6.07, 6.45) is 3.38. The molecule has 2 heterocycles. The first-order valence-electron chi connectivity index (χ1n) is 5.28. The van der Waals surface area contributed by atoms with Crippen molar-refractivity contribution in [3.8, 4) is 11.3 Å². The molecule has 0 aliphatic heterocycles. The van der Waals surface area contributed by atoms with E-state index in [4.69, 9.17) is 0 Å². The number of aromatic nitrogens is 3. The number of rotatable bonds is 2. The zero-order valence-corrected chi connectivity index (χ0v) is 9.20. The van der Waals surface area contributed by atoms with Crippen LogP contribution in [0, 0.1) is 10.1 Å². The van der Waals surface area contributed by atoms with E-state index in [-0.39, 0.29) is 5.69 Å². The predicted octanol–water partition coefficient (Wildman–Crippen LogP) is 2.53. The van der Waals surface area contributed by atoms with Crippen molar-refractivity contribution < 1.29 is 4.92 Å². The third-order valence-electron chi connectivity index (χ3n) is 2.72. The lowest BCUT2D eigenvalue weighted by atomic mass is 10.1. The maximum atomic E-state index is 10.6. The van der Waals surface area contributed by atoms with Crippen LogP contribution in [0.5, 0.6) is 0 Å². The number of hydrogen-bond acceptors (Lipinski definition) is 4. The molecule has 0 aliphatic rings. The molecule has 0 saturated heterocycles. The lowest BCUT2D eigenvalue weighted by molar-refractivity contribution is -0.384. The molecule has 0 radical (unpaired) electrons. The van der Waals surface area contributed by atoms with Crippen LogP contribution in [0.15, 0.2) is 42.7 Å². The van der Waals surface area contributed by atoms with Gasteiger partial charge in [-0.3, -0.25) is 20.2 Å². The normalized spacial score (nSPS) is 10.7. The van der Waals surface area contributed by atoms with Crippen LogP contribution in [-0.2, 0) is 0 Å². The highest BCUT2D eigenvalue weighted by Gasteiger charge is 2.10. The second kappa shape index (κ2) is 3.92. The summed E-state index contributed by atoms with van der Waals surface area (Å²) >= 11 is 0. The number of non-ortho nitro benzene ring substituents is 1. The Morgan fingerprint density at radius 2 is 1.94 bits per heavy atom. The quantitative estimate of drug-likeness (QED) is 0.551. The average molecular weight is 240 g/mol. The second-order valence-corrected chi connectivity index (χ2v) is 3.80. The lowest BCUT2D eigenvalue weighted by Gasteiger charge is -1.97. The average Bonchev–Trinajstić information content (AvgIpc) is 2.82. The van der Waals surface area contributed by atoms with E-state index in [0.29, 0.717) is 0 Å². The molecule has 0 fully saturated rings. The van der Waals surface area contributed by atoms with Gasteiger partial charge in [0, 0.05) is 29.3 Å². The number of pyridine rings is 1. The third-order valence-corrected chi connectivity index (χ3v) is 2.72. The topological polar surface area (TPSA) is 84.7 Å². The fourth-order valence-electron chi connectivity index (χ4n) is 1.83. The summed E-state index contributed by atoms with van der Waals surface area (Å²) in [5.74, 6) is 0. The fourth-order valence-corrected chi connectivity index (χ4v) is 1.83. The van der Waals surface area contributed by atoms with Crippen LogP contribution in [0.25, 0.3) is 22.2 Å². The molecule has 0 bridgehead atoms. The Morgan fingerprint density at radius 1 is 1.17 bits per heavy atom. The molecule has 3 aromatic rings. The van der Waals surface area contributed by atoms with Gasteiger partial charge in [-0.2, -0.15) is 5.10 Å². The van der Waals surface area contributed by atoms with Crippen molar-refractivity contribution >= 4 is 16.6 Å². The van der Waals surface area contributed by atoms with Crippen molar-refractivity contribution in [1.82, 2.24) is 15.2 Å². The summed E-state index contributed by atoms with van der Waals surface area (Å²) in [4.78, 5) is 14.2. The highest BCUT2D eigenvalue weighted by Crippen LogP contribution is 2.26. The molecular formula is C12H8N4O2. The Morgan fingerprint density at radius 3 is 2.67 bits per heavy atom.